The molecule has 20 heavy (non-hydrogen) atoms. The third-order valence-corrected chi connectivity index (χ3v) is 5.15. The summed E-state index contributed by atoms with van der Waals surface area (Å²) in [5, 5.41) is 3.69. The fraction of sp³-hybridized carbons (Fsp3) is 0.647. The van der Waals surface area contributed by atoms with Gasteiger partial charge in [-0.05, 0) is 30.9 Å². The number of para-hydroxylation sites is 1. The zero-order valence-corrected chi connectivity index (χ0v) is 12.1. The highest BCUT2D eigenvalue weighted by Gasteiger charge is 2.35. The molecule has 1 aromatic carbocycles. The standard InChI is InChI=1S/C17H24N2O/c1-2-6-15-13(5-1)11-14(18-15)12-19-9-10-20-17-8-4-3-7-16(17)19/h1-2,5-6,14,16-18H,3-4,7-12H2. The Morgan fingerprint density at radius 3 is 3.05 bits per heavy atom. The van der Waals surface area contributed by atoms with Gasteiger partial charge in [-0.25, -0.2) is 0 Å². The summed E-state index contributed by atoms with van der Waals surface area (Å²) in [5.41, 5.74) is 2.82. The Kier molecular flexibility index (Phi) is 3.41. The smallest absolute Gasteiger partial charge is 0.0730 e. The van der Waals surface area contributed by atoms with Gasteiger partial charge in [0.25, 0.3) is 0 Å². The van der Waals surface area contributed by atoms with E-state index in [0.717, 1.165) is 13.2 Å². The lowest BCUT2D eigenvalue weighted by atomic mass is 9.90. The highest BCUT2D eigenvalue weighted by molar-refractivity contribution is 5.56. The first-order valence-corrected chi connectivity index (χ1v) is 8.10. The minimum absolute atomic E-state index is 0.501. The van der Waals surface area contributed by atoms with Crippen molar-refractivity contribution in [3.8, 4) is 0 Å². The average Bonchev–Trinajstić information content (AvgIpc) is 2.90. The van der Waals surface area contributed by atoms with Gasteiger partial charge in [-0.15, -0.1) is 0 Å². The lowest BCUT2D eigenvalue weighted by Gasteiger charge is -2.44. The molecule has 3 heteroatoms. The van der Waals surface area contributed by atoms with Crippen LogP contribution < -0.4 is 5.32 Å². The minimum Gasteiger partial charge on any atom is -0.380 e. The zero-order valence-electron chi connectivity index (χ0n) is 12.1. The molecular formula is C17H24N2O. The van der Waals surface area contributed by atoms with Crippen molar-refractivity contribution in [2.45, 2.75) is 50.3 Å². The van der Waals surface area contributed by atoms with Crippen molar-refractivity contribution >= 4 is 5.69 Å². The van der Waals surface area contributed by atoms with Crippen LogP contribution in [0.4, 0.5) is 5.69 Å². The second-order valence-electron chi connectivity index (χ2n) is 6.46. The summed E-state index contributed by atoms with van der Waals surface area (Å²) in [7, 11) is 0. The van der Waals surface area contributed by atoms with Crippen molar-refractivity contribution in [3.63, 3.8) is 0 Å². The van der Waals surface area contributed by atoms with Gasteiger partial charge in [-0.1, -0.05) is 31.0 Å². The Hall–Kier alpha value is -1.06. The highest BCUT2D eigenvalue weighted by atomic mass is 16.5. The number of anilines is 1. The van der Waals surface area contributed by atoms with Crippen LogP contribution >= 0.6 is 0 Å². The van der Waals surface area contributed by atoms with Gasteiger partial charge in [-0.3, -0.25) is 4.90 Å². The van der Waals surface area contributed by atoms with E-state index < -0.39 is 0 Å². The van der Waals surface area contributed by atoms with Crippen LogP contribution in [0.2, 0.25) is 0 Å². The average molecular weight is 272 g/mol. The maximum Gasteiger partial charge on any atom is 0.0730 e. The molecule has 1 aliphatic carbocycles. The molecule has 3 atom stereocenters. The van der Waals surface area contributed by atoms with Crippen LogP contribution in [0.1, 0.15) is 31.2 Å². The van der Waals surface area contributed by atoms with Gasteiger partial charge < -0.3 is 10.1 Å². The van der Waals surface area contributed by atoms with Crippen LogP contribution in [-0.2, 0) is 11.2 Å². The van der Waals surface area contributed by atoms with Crippen molar-refractivity contribution in [1.82, 2.24) is 4.90 Å². The number of rotatable bonds is 2. The molecular weight excluding hydrogens is 248 g/mol. The summed E-state index contributed by atoms with van der Waals surface area (Å²) in [4.78, 5) is 2.69. The lowest BCUT2D eigenvalue weighted by Crippen LogP contribution is -2.55. The first kappa shape index (κ1) is 12.7. The zero-order chi connectivity index (χ0) is 13.4. The molecule has 1 saturated carbocycles. The first-order valence-electron chi connectivity index (χ1n) is 8.10. The number of nitrogens with zero attached hydrogens (tertiary/aromatic N) is 1. The first-order chi connectivity index (χ1) is 9.90. The quantitative estimate of drug-likeness (QED) is 0.896. The van der Waals surface area contributed by atoms with Crippen LogP contribution in [0, 0.1) is 0 Å². The SMILES string of the molecule is c1ccc2c(c1)CC(CN1CCOC3CCCCC31)N2. The summed E-state index contributed by atoms with van der Waals surface area (Å²) in [5.74, 6) is 0. The third-order valence-electron chi connectivity index (χ3n) is 5.15. The van der Waals surface area contributed by atoms with E-state index >= 15 is 0 Å². The Morgan fingerprint density at radius 1 is 1.20 bits per heavy atom. The maximum atomic E-state index is 5.98. The predicted molar refractivity (Wildman–Crippen MR) is 81.1 cm³/mol. The van der Waals surface area contributed by atoms with Crippen LogP contribution in [0.15, 0.2) is 24.3 Å². The third kappa shape index (κ3) is 2.33. The molecule has 108 valence electrons. The van der Waals surface area contributed by atoms with E-state index in [1.807, 2.05) is 0 Å². The number of benzene rings is 1. The van der Waals surface area contributed by atoms with Gasteiger partial charge >= 0.3 is 0 Å². The molecule has 2 heterocycles. The van der Waals surface area contributed by atoms with Gasteiger partial charge in [0.15, 0.2) is 0 Å². The van der Waals surface area contributed by atoms with E-state index in [-0.39, 0.29) is 0 Å². The summed E-state index contributed by atoms with van der Waals surface area (Å²) in [6.07, 6.45) is 6.98. The molecule has 0 aromatic heterocycles. The minimum atomic E-state index is 0.501. The largest absolute Gasteiger partial charge is 0.380 e. The highest BCUT2D eigenvalue weighted by Crippen LogP contribution is 2.30. The number of fused-ring (bicyclic) bond motifs is 2. The van der Waals surface area contributed by atoms with Gasteiger partial charge in [0.2, 0.25) is 0 Å². The number of hydrogen-bond acceptors (Lipinski definition) is 3. The summed E-state index contributed by atoms with van der Waals surface area (Å²) in [6, 6.07) is 9.98. The molecule has 0 radical (unpaired) electrons. The molecule has 4 rings (SSSR count). The maximum absolute atomic E-state index is 5.98. The van der Waals surface area contributed by atoms with Crippen molar-refractivity contribution in [2.24, 2.45) is 0 Å². The lowest BCUT2D eigenvalue weighted by molar-refractivity contribution is -0.0886. The molecule has 3 unspecified atom stereocenters. The number of morpholine rings is 1. The molecule has 0 amide bonds. The second-order valence-corrected chi connectivity index (χ2v) is 6.46. The normalized spacial score (nSPS) is 33.3. The van der Waals surface area contributed by atoms with Crippen LogP contribution in [-0.4, -0.2) is 42.8 Å². The Bertz CT molecular complexity index is 449. The Morgan fingerprint density at radius 2 is 2.10 bits per heavy atom. The van der Waals surface area contributed by atoms with E-state index in [9.17, 15) is 0 Å². The van der Waals surface area contributed by atoms with Gasteiger partial charge in [0, 0.05) is 30.9 Å². The van der Waals surface area contributed by atoms with E-state index in [1.54, 1.807) is 0 Å². The van der Waals surface area contributed by atoms with E-state index in [4.69, 9.17) is 4.74 Å². The molecule has 2 aliphatic heterocycles. The molecule has 3 nitrogen and oxygen atoms in total. The Balaban J connectivity index is 1.42. The fourth-order valence-corrected chi connectivity index (χ4v) is 4.17. The van der Waals surface area contributed by atoms with Crippen molar-refractivity contribution in [1.29, 1.82) is 0 Å². The molecule has 1 saturated heterocycles. The van der Waals surface area contributed by atoms with Gasteiger partial charge in [-0.2, -0.15) is 0 Å². The molecule has 1 N–H and O–H groups in total. The summed E-state index contributed by atoms with van der Waals surface area (Å²) >= 11 is 0. The molecule has 2 fully saturated rings. The molecule has 0 spiro atoms. The topological polar surface area (TPSA) is 24.5 Å². The van der Waals surface area contributed by atoms with Crippen molar-refractivity contribution in [2.75, 3.05) is 25.0 Å². The monoisotopic (exact) mass is 272 g/mol. The van der Waals surface area contributed by atoms with Gasteiger partial charge in [0.1, 0.15) is 0 Å². The molecule has 3 aliphatic rings. The van der Waals surface area contributed by atoms with Gasteiger partial charge in [0.05, 0.1) is 12.7 Å². The summed E-state index contributed by atoms with van der Waals surface area (Å²) < 4.78 is 5.98. The second kappa shape index (κ2) is 5.38. The molecule has 1 aromatic rings. The van der Waals surface area contributed by atoms with Crippen molar-refractivity contribution in [3.05, 3.63) is 29.8 Å². The Labute approximate surface area is 121 Å². The van der Waals surface area contributed by atoms with Crippen LogP contribution in [0.25, 0.3) is 0 Å². The van der Waals surface area contributed by atoms with Crippen LogP contribution in [0.5, 0.6) is 0 Å². The fourth-order valence-electron chi connectivity index (χ4n) is 4.17. The van der Waals surface area contributed by atoms with Crippen molar-refractivity contribution < 1.29 is 4.74 Å². The molecule has 0 bridgehead atoms. The van der Waals surface area contributed by atoms with E-state index in [0.29, 0.717) is 18.2 Å². The number of hydrogen-bond donors (Lipinski definition) is 1. The predicted octanol–water partition coefficient (Wildman–Crippen LogP) is 2.67. The van der Waals surface area contributed by atoms with E-state index in [1.165, 1.54) is 49.9 Å². The number of ether oxygens (including phenoxy) is 1. The van der Waals surface area contributed by atoms with E-state index in [2.05, 4.69) is 34.5 Å². The van der Waals surface area contributed by atoms with Crippen LogP contribution in [0.3, 0.4) is 0 Å². The summed E-state index contributed by atoms with van der Waals surface area (Å²) in [6.45, 7) is 3.19. The number of nitrogens with one attached hydrogen (secondary N) is 1.